The minimum absolute atomic E-state index is 0.0370. The van der Waals surface area contributed by atoms with Gasteiger partial charge in [0.05, 0.1) is 13.7 Å². The first-order valence-electron chi connectivity index (χ1n) is 13.8. The zero-order valence-corrected chi connectivity index (χ0v) is 25.7. The molecule has 0 aliphatic carbocycles. The fraction of sp³-hybridized carbons (Fsp3) is 0.394. The minimum atomic E-state index is -1.04. The lowest BCUT2D eigenvalue weighted by Gasteiger charge is -2.24. The van der Waals surface area contributed by atoms with E-state index in [1.807, 2.05) is 62.4 Å². The number of nitrogens with one attached hydrogen (secondary N) is 2. The molecular formula is C33H41N3O6. The molecule has 42 heavy (non-hydrogen) atoms. The molecule has 9 nitrogen and oxygen atoms in total. The summed E-state index contributed by atoms with van der Waals surface area (Å²) in [7, 11) is 1.59. The zero-order valence-electron chi connectivity index (χ0n) is 25.7. The molecule has 2 N–H and O–H groups in total. The van der Waals surface area contributed by atoms with Gasteiger partial charge >= 0.3 is 6.09 Å². The molecule has 0 bridgehead atoms. The SMILES string of the molecule is COc1ccc(Cn2ccc(C)c(NC(=O)C(Cc3ccc(C(C)(C)C(C)=O)cc3)NC(=O)OC(C)(C)C)c2=O)cc1. The lowest BCUT2D eigenvalue weighted by atomic mass is 9.81. The summed E-state index contributed by atoms with van der Waals surface area (Å²) in [5.74, 6) is 0.190. The van der Waals surface area contributed by atoms with Crippen LogP contribution in [0, 0.1) is 6.92 Å². The first kappa shape index (κ1) is 32.1. The van der Waals surface area contributed by atoms with Gasteiger partial charge in [-0.25, -0.2) is 4.79 Å². The second kappa shape index (κ2) is 13.1. The van der Waals surface area contributed by atoms with Gasteiger partial charge in [0.2, 0.25) is 5.91 Å². The van der Waals surface area contributed by atoms with Gasteiger partial charge in [0.15, 0.2) is 0 Å². The molecule has 1 unspecified atom stereocenters. The average molecular weight is 576 g/mol. The van der Waals surface area contributed by atoms with E-state index in [2.05, 4.69) is 10.6 Å². The molecule has 0 radical (unpaired) electrons. The molecule has 9 heteroatoms. The molecule has 1 heterocycles. The molecule has 0 fully saturated rings. The largest absolute Gasteiger partial charge is 0.497 e. The van der Waals surface area contributed by atoms with E-state index in [4.69, 9.17) is 9.47 Å². The van der Waals surface area contributed by atoms with Crippen molar-refractivity contribution in [3.05, 3.63) is 93.4 Å². The van der Waals surface area contributed by atoms with Crippen molar-refractivity contribution in [2.75, 3.05) is 12.4 Å². The van der Waals surface area contributed by atoms with Crippen LogP contribution in [-0.2, 0) is 32.7 Å². The summed E-state index contributed by atoms with van der Waals surface area (Å²) in [5, 5.41) is 5.42. The highest BCUT2D eigenvalue weighted by Gasteiger charge is 2.28. The number of aromatic nitrogens is 1. The fourth-order valence-corrected chi connectivity index (χ4v) is 4.24. The number of ether oxygens (including phenoxy) is 2. The zero-order chi connectivity index (χ0) is 31.2. The van der Waals surface area contributed by atoms with E-state index in [0.29, 0.717) is 17.9 Å². The van der Waals surface area contributed by atoms with E-state index in [1.165, 1.54) is 4.57 Å². The molecule has 1 atom stereocenters. The summed E-state index contributed by atoms with van der Waals surface area (Å²) >= 11 is 0. The first-order valence-corrected chi connectivity index (χ1v) is 13.8. The Hall–Kier alpha value is -4.40. The topological polar surface area (TPSA) is 116 Å². The fourth-order valence-electron chi connectivity index (χ4n) is 4.24. The predicted molar refractivity (Wildman–Crippen MR) is 163 cm³/mol. The summed E-state index contributed by atoms with van der Waals surface area (Å²) < 4.78 is 12.1. The number of methoxy groups -OCH3 is 1. The Morgan fingerprint density at radius 3 is 2.05 bits per heavy atom. The van der Waals surface area contributed by atoms with Crippen LogP contribution in [0.1, 0.15) is 63.8 Å². The standard InChI is InChI=1S/C33H41N3O6/c1-21-17-18-36(20-24-11-15-26(41-8)16-12-24)30(39)28(21)35-29(38)27(34-31(40)42-32(3,4)5)19-23-9-13-25(14-10-23)33(6,7)22(2)37/h9-18,27H,19-20H2,1-8H3,(H,34,40)(H,35,38). The summed E-state index contributed by atoms with van der Waals surface area (Å²) in [6.45, 7) is 12.5. The maximum absolute atomic E-state index is 13.6. The van der Waals surface area contributed by atoms with Crippen molar-refractivity contribution in [1.82, 2.24) is 9.88 Å². The maximum atomic E-state index is 13.6. The Bertz CT molecular complexity index is 1480. The van der Waals surface area contributed by atoms with Crippen LogP contribution in [0.2, 0.25) is 0 Å². The van der Waals surface area contributed by atoms with Crippen molar-refractivity contribution >= 4 is 23.5 Å². The number of aryl methyl sites for hydroxylation is 1. The Kier molecular flexibility index (Phi) is 9.99. The van der Waals surface area contributed by atoms with Crippen LogP contribution in [0.3, 0.4) is 0 Å². The molecular weight excluding hydrogens is 534 g/mol. The molecule has 2 amide bonds. The third-order valence-electron chi connectivity index (χ3n) is 7.14. The van der Waals surface area contributed by atoms with E-state index in [1.54, 1.807) is 54.0 Å². The number of amides is 2. The highest BCUT2D eigenvalue weighted by Crippen LogP contribution is 2.25. The van der Waals surface area contributed by atoms with Gasteiger partial charge in [-0.05, 0) is 88.9 Å². The van der Waals surface area contributed by atoms with E-state index in [9.17, 15) is 19.2 Å². The molecule has 2 aromatic carbocycles. The van der Waals surface area contributed by atoms with Crippen LogP contribution in [0.4, 0.5) is 10.5 Å². The van der Waals surface area contributed by atoms with Crippen molar-refractivity contribution in [1.29, 1.82) is 0 Å². The maximum Gasteiger partial charge on any atom is 0.408 e. The van der Waals surface area contributed by atoms with Crippen LogP contribution in [0.25, 0.3) is 0 Å². The van der Waals surface area contributed by atoms with E-state index in [0.717, 1.165) is 16.7 Å². The number of rotatable bonds is 10. The van der Waals surface area contributed by atoms with Gasteiger partial charge < -0.3 is 24.7 Å². The summed E-state index contributed by atoms with van der Waals surface area (Å²) in [6.07, 6.45) is 1.06. The lowest BCUT2D eigenvalue weighted by Crippen LogP contribution is -2.47. The first-order chi connectivity index (χ1) is 19.6. The number of alkyl carbamates (subject to hydrolysis) is 1. The highest BCUT2D eigenvalue weighted by atomic mass is 16.6. The third-order valence-corrected chi connectivity index (χ3v) is 7.14. The van der Waals surface area contributed by atoms with Crippen molar-refractivity contribution in [3.8, 4) is 5.75 Å². The Labute approximate surface area is 247 Å². The summed E-state index contributed by atoms with van der Waals surface area (Å²) in [6, 6.07) is 15.4. The van der Waals surface area contributed by atoms with Crippen molar-refractivity contribution in [3.63, 3.8) is 0 Å². The predicted octanol–water partition coefficient (Wildman–Crippen LogP) is 5.15. The number of Topliss-reactive ketones (excluding diaryl/α,β-unsaturated/α-hetero) is 1. The van der Waals surface area contributed by atoms with Crippen LogP contribution in [-0.4, -0.2) is 41.1 Å². The summed E-state index contributed by atoms with van der Waals surface area (Å²) in [4.78, 5) is 51.8. The van der Waals surface area contributed by atoms with Crippen LogP contribution < -0.4 is 20.9 Å². The summed E-state index contributed by atoms with van der Waals surface area (Å²) in [5.41, 5.74) is 1.42. The van der Waals surface area contributed by atoms with Crippen LogP contribution in [0.15, 0.2) is 65.6 Å². The van der Waals surface area contributed by atoms with Crippen LogP contribution in [0.5, 0.6) is 5.75 Å². The van der Waals surface area contributed by atoms with Crippen molar-refractivity contribution in [2.24, 2.45) is 0 Å². The van der Waals surface area contributed by atoms with Crippen molar-refractivity contribution < 1.29 is 23.9 Å². The van der Waals surface area contributed by atoms with Gasteiger partial charge in [-0.1, -0.05) is 36.4 Å². The van der Waals surface area contributed by atoms with Gasteiger partial charge in [0.25, 0.3) is 5.56 Å². The van der Waals surface area contributed by atoms with Crippen molar-refractivity contribution in [2.45, 2.75) is 78.5 Å². The molecule has 1 aromatic heterocycles. The number of anilines is 1. The molecule has 3 aromatic rings. The second-order valence-electron chi connectivity index (χ2n) is 11.9. The van der Waals surface area contributed by atoms with Gasteiger partial charge in [-0.15, -0.1) is 0 Å². The van der Waals surface area contributed by atoms with E-state index < -0.39 is 29.1 Å². The van der Waals surface area contributed by atoms with Crippen LogP contribution >= 0.6 is 0 Å². The smallest absolute Gasteiger partial charge is 0.408 e. The molecule has 0 spiro atoms. The van der Waals surface area contributed by atoms with E-state index in [-0.39, 0.29) is 23.5 Å². The highest BCUT2D eigenvalue weighted by molar-refractivity contribution is 5.97. The monoisotopic (exact) mass is 575 g/mol. The number of hydrogen-bond donors (Lipinski definition) is 2. The molecule has 0 aliphatic heterocycles. The number of ketones is 1. The Morgan fingerprint density at radius 2 is 1.50 bits per heavy atom. The molecule has 0 aliphatic rings. The number of hydrogen-bond acceptors (Lipinski definition) is 6. The third kappa shape index (κ3) is 8.31. The number of pyridine rings is 1. The van der Waals surface area contributed by atoms with Gasteiger partial charge in [0.1, 0.15) is 28.9 Å². The Morgan fingerprint density at radius 1 is 0.905 bits per heavy atom. The number of benzene rings is 2. The molecule has 0 saturated heterocycles. The number of carbonyl (C=O) groups is 3. The minimum Gasteiger partial charge on any atom is -0.497 e. The van der Waals surface area contributed by atoms with Gasteiger partial charge in [0, 0.05) is 18.0 Å². The van der Waals surface area contributed by atoms with Gasteiger partial charge in [-0.3, -0.25) is 14.4 Å². The lowest BCUT2D eigenvalue weighted by molar-refractivity contribution is -0.121. The Balaban J connectivity index is 1.87. The molecule has 0 saturated carbocycles. The van der Waals surface area contributed by atoms with E-state index >= 15 is 0 Å². The van der Waals surface area contributed by atoms with Gasteiger partial charge in [-0.2, -0.15) is 0 Å². The number of carbonyl (C=O) groups excluding carboxylic acids is 3. The molecule has 224 valence electrons. The molecule has 3 rings (SSSR count). The number of nitrogens with zero attached hydrogens (tertiary/aromatic N) is 1. The quantitative estimate of drug-likeness (QED) is 0.345. The second-order valence-corrected chi connectivity index (χ2v) is 11.9. The normalized spacial score (nSPS) is 12.3. The average Bonchev–Trinajstić information content (AvgIpc) is 2.91.